The van der Waals surface area contributed by atoms with Crippen LogP contribution in [0.25, 0.3) is 0 Å². The van der Waals surface area contributed by atoms with Gasteiger partial charge >= 0.3 is 0 Å². The van der Waals surface area contributed by atoms with E-state index in [0.29, 0.717) is 25.7 Å². The van der Waals surface area contributed by atoms with Crippen molar-refractivity contribution in [3.05, 3.63) is 0 Å². The van der Waals surface area contributed by atoms with E-state index in [9.17, 15) is 0 Å². The summed E-state index contributed by atoms with van der Waals surface area (Å²) in [4.78, 5) is 0. The molecule has 0 aromatic carbocycles. The Bertz CT molecular complexity index is 246. The molecule has 22 heavy (non-hydrogen) atoms. The van der Waals surface area contributed by atoms with Crippen LogP contribution in [0.1, 0.15) is 85.5 Å². The Morgan fingerprint density at radius 2 is 1.27 bits per heavy atom. The first-order chi connectivity index (χ1) is 10.7. The summed E-state index contributed by atoms with van der Waals surface area (Å²) >= 11 is 0. The number of unbranched alkanes of at least 4 members (excludes halogenated alkanes) is 5. The Morgan fingerprint density at radius 1 is 0.773 bits per heavy atom. The summed E-state index contributed by atoms with van der Waals surface area (Å²) in [5.41, 5.74) is 0. The number of hydrogen-bond donors (Lipinski definition) is 0. The fourth-order valence-corrected chi connectivity index (χ4v) is 3.39. The largest absolute Gasteiger partial charge is 0.328 e. The van der Waals surface area contributed by atoms with Crippen LogP contribution < -0.4 is 0 Å². The molecule has 0 radical (unpaired) electrons. The van der Waals surface area contributed by atoms with Crippen LogP contribution in [0.4, 0.5) is 0 Å². The van der Waals surface area contributed by atoms with Crippen molar-refractivity contribution in [2.45, 2.75) is 91.5 Å². The van der Waals surface area contributed by atoms with E-state index < -0.39 is 5.97 Å². The molecule has 1 saturated carbocycles. The van der Waals surface area contributed by atoms with Crippen LogP contribution in [-0.2, 0) is 14.2 Å². The molecule has 3 heteroatoms. The molecule has 0 aliphatic heterocycles. The van der Waals surface area contributed by atoms with E-state index in [4.69, 9.17) is 14.2 Å². The fraction of sp³-hybridized carbons (Fsp3) is 1.00. The summed E-state index contributed by atoms with van der Waals surface area (Å²) in [6, 6.07) is 0. The third-order valence-electron chi connectivity index (χ3n) is 4.55. The van der Waals surface area contributed by atoms with E-state index in [1.165, 1.54) is 51.4 Å². The van der Waals surface area contributed by atoms with Crippen LogP contribution in [0.5, 0.6) is 0 Å². The number of rotatable bonds is 15. The monoisotopic (exact) mass is 314 g/mol. The van der Waals surface area contributed by atoms with Gasteiger partial charge in [-0.3, -0.25) is 0 Å². The third kappa shape index (κ3) is 6.55. The zero-order chi connectivity index (χ0) is 16.3. The molecule has 1 aliphatic carbocycles. The van der Waals surface area contributed by atoms with Crippen molar-refractivity contribution < 1.29 is 14.2 Å². The highest BCUT2D eigenvalue weighted by molar-refractivity contribution is 4.87. The van der Waals surface area contributed by atoms with Crippen molar-refractivity contribution in [1.29, 1.82) is 0 Å². The molecule has 0 N–H and O–H groups in total. The molecule has 132 valence electrons. The van der Waals surface area contributed by atoms with Crippen molar-refractivity contribution in [3.8, 4) is 0 Å². The molecule has 1 unspecified atom stereocenters. The lowest BCUT2D eigenvalue weighted by Gasteiger charge is -2.39. The minimum atomic E-state index is -0.803. The topological polar surface area (TPSA) is 27.7 Å². The van der Waals surface area contributed by atoms with Crippen molar-refractivity contribution in [2.75, 3.05) is 19.8 Å². The van der Waals surface area contributed by atoms with Gasteiger partial charge in [-0.15, -0.1) is 0 Å². The highest BCUT2D eigenvalue weighted by atomic mass is 16.9. The Morgan fingerprint density at radius 3 is 1.73 bits per heavy atom. The molecule has 0 saturated heterocycles. The van der Waals surface area contributed by atoms with Crippen LogP contribution >= 0.6 is 0 Å². The van der Waals surface area contributed by atoms with Gasteiger partial charge in [0.05, 0.1) is 0 Å². The van der Waals surface area contributed by atoms with E-state index in [2.05, 4.69) is 6.92 Å². The van der Waals surface area contributed by atoms with Gasteiger partial charge in [-0.2, -0.15) is 0 Å². The van der Waals surface area contributed by atoms with Crippen molar-refractivity contribution in [3.63, 3.8) is 0 Å². The molecular formula is C19H38O3. The first-order valence-corrected chi connectivity index (χ1v) is 9.65. The van der Waals surface area contributed by atoms with Crippen LogP contribution in [0.15, 0.2) is 0 Å². The van der Waals surface area contributed by atoms with E-state index in [-0.39, 0.29) is 0 Å². The lowest BCUT2D eigenvalue weighted by molar-refractivity contribution is -0.405. The second-order valence-electron chi connectivity index (χ2n) is 6.40. The number of hydrogen-bond acceptors (Lipinski definition) is 3. The second-order valence-corrected chi connectivity index (χ2v) is 6.40. The van der Waals surface area contributed by atoms with E-state index in [1.54, 1.807) is 0 Å². The molecule has 0 amide bonds. The van der Waals surface area contributed by atoms with Gasteiger partial charge in [-0.05, 0) is 46.0 Å². The zero-order valence-corrected chi connectivity index (χ0v) is 15.4. The molecule has 1 fully saturated rings. The van der Waals surface area contributed by atoms with Crippen LogP contribution in [-0.4, -0.2) is 25.8 Å². The van der Waals surface area contributed by atoms with Gasteiger partial charge in [0.1, 0.15) is 0 Å². The molecule has 1 atom stereocenters. The van der Waals surface area contributed by atoms with Gasteiger partial charge in [0.2, 0.25) is 0 Å². The standard InChI is InChI=1S/C19H38O3/c1-5-9-10-11-12-13-14-18(17-15-16-17)19(20-6-2,21-7-3)22-8-4/h17-18H,5-16H2,1-4H3. The van der Waals surface area contributed by atoms with E-state index in [0.717, 1.165) is 12.3 Å². The maximum absolute atomic E-state index is 6.03. The van der Waals surface area contributed by atoms with Gasteiger partial charge in [-0.1, -0.05) is 45.4 Å². The summed E-state index contributed by atoms with van der Waals surface area (Å²) in [6.07, 6.45) is 11.8. The average molecular weight is 315 g/mol. The summed E-state index contributed by atoms with van der Waals surface area (Å²) in [6.45, 7) is 10.3. The van der Waals surface area contributed by atoms with Crippen molar-refractivity contribution in [2.24, 2.45) is 11.8 Å². The van der Waals surface area contributed by atoms with Crippen LogP contribution in [0.3, 0.4) is 0 Å². The Kier molecular flexibility index (Phi) is 10.3. The minimum absolute atomic E-state index is 0.388. The quantitative estimate of drug-likeness (QED) is 0.294. The lowest BCUT2D eigenvalue weighted by Crippen LogP contribution is -2.47. The fourth-order valence-electron chi connectivity index (χ4n) is 3.39. The van der Waals surface area contributed by atoms with Crippen LogP contribution in [0.2, 0.25) is 0 Å². The molecule has 0 heterocycles. The summed E-state index contributed by atoms with van der Waals surface area (Å²) < 4.78 is 18.1. The highest BCUT2D eigenvalue weighted by Crippen LogP contribution is 2.47. The first kappa shape index (κ1) is 19.9. The Labute approximate surface area is 138 Å². The predicted molar refractivity (Wildman–Crippen MR) is 91.8 cm³/mol. The second kappa shape index (κ2) is 11.4. The highest BCUT2D eigenvalue weighted by Gasteiger charge is 2.49. The molecule has 1 aliphatic rings. The smallest absolute Gasteiger partial charge is 0.286 e. The third-order valence-corrected chi connectivity index (χ3v) is 4.55. The maximum Gasteiger partial charge on any atom is 0.286 e. The summed E-state index contributed by atoms with van der Waals surface area (Å²) in [5, 5.41) is 0. The summed E-state index contributed by atoms with van der Waals surface area (Å²) in [7, 11) is 0. The maximum atomic E-state index is 6.03. The predicted octanol–water partition coefficient (Wildman–Crippen LogP) is 5.53. The molecule has 0 spiro atoms. The molecular weight excluding hydrogens is 276 g/mol. The zero-order valence-electron chi connectivity index (χ0n) is 15.4. The average Bonchev–Trinajstić information content (AvgIpc) is 3.32. The van der Waals surface area contributed by atoms with Crippen LogP contribution in [0, 0.1) is 11.8 Å². The van der Waals surface area contributed by atoms with Gasteiger partial charge in [0.25, 0.3) is 5.97 Å². The number of ether oxygens (including phenoxy) is 3. The molecule has 1 rings (SSSR count). The summed E-state index contributed by atoms with van der Waals surface area (Å²) in [5.74, 6) is 0.307. The van der Waals surface area contributed by atoms with Gasteiger partial charge in [0.15, 0.2) is 0 Å². The van der Waals surface area contributed by atoms with Gasteiger partial charge in [0, 0.05) is 25.7 Å². The normalized spacial score (nSPS) is 16.9. The van der Waals surface area contributed by atoms with Crippen molar-refractivity contribution >= 4 is 0 Å². The SMILES string of the molecule is CCCCCCCCC(C1CC1)C(OCC)(OCC)OCC. The van der Waals surface area contributed by atoms with E-state index in [1.807, 2.05) is 20.8 Å². The van der Waals surface area contributed by atoms with Gasteiger partial charge < -0.3 is 14.2 Å². The van der Waals surface area contributed by atoms with Crippen molar-refractivity contribution in [1.82, 2.24) is 0 Å². The van der Waals surface area contributed by atoms with E-state index >= 15 is 0 Å². The first-order valence-electron chi connectivity index (χ1n) is 9.65. The Hall–Kier alpha value is -0.120. The minimum Gasteiger partial charge on any atom is -0.328 e. The molecule has 0 aromatic heterocycles. The Balaban J connectivity index is 2.55. The molecule has 3 nitrogen and oxygen atoms in total. The molecule has 0 aromatic rings. The molecule has 0 bridgehead atoms. The lowest BCUT2D eigenvalue weighted by atomic mass is 9.92. The van der Waals surface area contributed by atoms with Gasteiger partial charge in [-0.25, -0.2) is 0 Å².